The van der Waals surface area contributed by atoms with Crippen LogP contribution in [-0.4, -0.2) is 36.7 Å². The number of carbonyl (C=O) groups excluding carboxylic acids is 1. The summed E-state index contributed by atoms with van der Waals surface area (Å²) in [5.74, 6) is -0.479. The molecule has 19 heavy (non-hydrogen) atoms. The molecule has 1 aliphatic rings. The number of hydrogen-bond acceptors (Lipinski definition) is 4. The third-order valence-corrected chi connectivity index (χ3v) is 3.10. The number of aliphatic carboxylic acids is 1. The van der Waals surface area contributed by atoms with Crippen LogP contribution in [0, 0.1) is 0 Å². The lowest BCUT2D eigenvalue weighted by molar-refractivity contribution is -0.147. The number of aryl methyl sites for hydroxylation is 1. The molecule has 0 radical (unpaired) electrons. The molecule has 0 amide bonds. The molecule has 0 aromatic heterocycles. The van der Waals surface area contributed by atoms with Gasteiger partial charge >= 0.3 is 5.97 Å². The molecule has 0 heterocycles. The average molecular weight is 264 g/mol. The van der Waals surface area contributed by atoms with Gasteiger partial charge < -0.3 is 14.6 Å². The second-order valence-corrected chi connectivity index (χ2v) is 4.50. The van der Waals surface area contributed by atoms with E-state index in [2.05, 4.69) is 0 Å². The Morgan fingerprint density at radius 2 is 2.21 bits per heavy atom. The van der Waals surface area contributed by atoms with Crippen LogP contribution in [0.2, 0.25) is 0 Å². The van der Waals surface area contributed by atoms with Gasteiger partial charge in [0.2, 0.25) is 6.10 Å². The highest BCUT2D eigenvalue weighted by Crippen LogP contribution is 2.26. The normalized spacial score (nSPS) is 15.7. The first-order chi connectivity index (χ1) is 9.11. The number of rotatable bonds is 5. The molecule has 0 bridgehead atoms. The third-order valence-electron chi connectivity index (χ3n) is 3.10. The Labute approximate surface area is 111 Å². The summed E-state index contributed by atoms with van der Waals surface area (Å²) in [6.07, 6.45) is 1.19. The molecule has 1 aromatic rings. The van der Waals surface area contributed by atoms with Crippen LogP contribution in [0.4, 0.5) is 0 Å². The number of ketones is 1. The number of carboxylic acids is 1. The van der Waals surface area contributed by atoms with Crippen LogP contribution in [0.5, 0.6) is 5.75 Å². The molecule has 1 aliphatic carbocycles. The van der Waals surface area contributed by atoms with Crippen molar-refractivity contribution in [2.45, 2.75) is 25.4 Å². The summed E-state index contributed by atoms with van der Waals surface area (Å²) in [7, 11) is 1.42. The molecule has 2 rings (SSSR count). The Hall–Kier alpha value is -1.88. The molecule has 102 valence electrons. The number of fused-ring (bicyclic) bond motifs is 1. The lowest BCUT2D eigenvalue weighted by Crippen LogP contribution is -2.31. The minimum atomic E-state index is -1.07. The second kappa shape index (κ2) is 5.84. The van der Waals surface area contributed by atoms with Crippen LogP contribution < -0.4 is 4.74 Å². The molecule has 5 nitrogen and oxygen atoms in total. The molecule has 5 heteroatoms. The van der Waals surface area contributed by atoms with Gasteiger partial charge in [-0.3, -0.25) is 4.79 Å². The number of hydrogen-bond donors (Lipinski definition) is 1. The Balaban J connectivity index is 2.17. The summed E-state index contributed by atoms with van der Waals surface area (Å²) < 4.78 is 10.2. The van der Waals surface area contributed by atoms with Crippen LogP contribution in [-0.2, 0) is 16.0 Å². The Morgan fingerprint density at radius 1 is 1.42 bits per heavy atom. The van der Waals surface area contributed by atoms with Crippen molar-refractivity contribution in [3.05, 3.63) is 29.3 Å². The highest BCUT2D eigenvalue weighted by molar-refractivity contribution is 5.98. The molecule has 0 aliphatic heterocycles. The highest BCUT2D eigenvalue weighted by atomic mass is 16.5. The molecule has 1 unspecified atom stereocenters. The molecule has 1 atom stereocenters. The lowest BCUT2D eigenvalue weighted by atomic mass is 9.90. The first kappa shape index (κ1) is 13.5. The maximum absolute atomic E-state index is 11.7. The van der Waals surface area contributed by atoms with Gasteiger partial charge in [-0.1, -0.05) is 0 Å². The van der Waals surface area contributed by atoms with Crippen LogP contribution in [0.1, 0.15) is 28.8 Å². The van der Waals surface area contributed by atoms with E-state index >= 15 is 0 Å². The van der Waals surface area contributed by atoms with Gasteiger partial charge in [0.25, 0.3) is 0 Å². The first-order valence-electron chi connectivity index (χ1n) is 6.16. The summed E-state index contributed by atoms with van der Waals surface area (Å²) in [5.41, 5.74) is 1.65. The average Bonchev–Trinajstić information content (AvgIpc) is 2.38. The summed E-state index contributed by atoms with van der Waals surface area (Å²) in [6.45, 7) is -0.0225. The van der Waals surface area contributed by atoms with E-state index in [1.165, 1.54) is 7.11 Å². The number of carbonyl (C=O) groups is 2. The van der Waals surface area contributed by atoms with Gasteiger partial charge in [-0.15, -0.1) is 0 Å². The fraction of sp³-hybridized carbons (Fsp3) is 0.429. The molecular weight excluding hydrogens is 248 g/mol. The van der Waals surface area contributed by atoms with Crippen molar-refractivity contribution in [1.82, 2.24) is 0 Å². The zero-order valence-electron chi connectivity index (χ0n) is 10.7. The van der Waals surface area contributed by atoms with Gasteiger partial charge in [-0.25, -0.2) is 4.79 Å². The number of methoxy groups -OCH3 is 1. The van der Waals surface area contributed by atoms with Crippen LogP contribution in [0.25, 0.3) is 0 Å². The van der Waals surface area contributed by atoms with Gasteiger partial charge in [-0.2, -0.15) is 0 Å². The molecule has 1 N–H and O–H groups in total. The van der Waals surface area contributed by atoms with E-state index in [0.29, 0.717) is 12.2 Å². The molecule has 0 fully saturated rings. The largest absolute Gasteiger partial charge is 0.478 e. The Morgan fingerprint density at radius 3 is 2.89 bits per heavy atom. The van der Waals surface area contributed by atoms with E-state index in [9.17, 15) is 9.59 Å². The summed E-state index contributed by atoms with van der Waals surface area (Å²) in [5, 5.41) is 8.99. The maximum Gasteiger partial charge on any atom is 0.347 e. The van der Waals surface area contributed by atoms with E-state index in [1.54, 1.807) is 18.2 Å². The summed E-state index contributed by atoms with van der Waals surface area (Å²) in [4.78, 5) is 22.7. The van der Waals surface area contributed by atoms with E-state index in [4.69, 9.17) is 14.6 Å². The zero-order chi connectivity index (χ0) is 13.8. The summed E-state index contributed by atoms with van der Waals surface area (Å²) in [6, 6.07) is 5.09. The van der Waals surface area contributed by atoms with Crippen molar-refractivity contribution in [2.24, 2.45) is 0 Å². The zero-order valence-corrected chi connectivity index (χ0v) is 10.7. The SMILES string of the molecule is COCC(Oc1ccc2c(c1)CCCC2=O)C(=O)O. The highest BCUT2D eigenvalue weighted by Gasteiger charge is 2.21. The van der Waals surface area contributed by atoms with Gasteiger partial charge in [0, 0.05) is 19.1 Å². The Kier molecular flexibility index (Phi) is 4.16. The molecule has 0 spiro atoms. The van der Waals surface area contributed by atoms with Crippen molar-refractivity contribution in [3.8, 4) is 5.75 Å². The van der Waals surface area contributed by atoms with Crippen LogP contribution in [0.15, 0.2) is 18.2 Å². The topological polar surface area (TPSA) is 72.8 Å². The second-order valence-electron chi connectivity index (χ2n) is 4.50. The van der Waals surface area contributed by atoms with Gasteiger partial charge in [-0.05, 0) is 36.6 Å². The van der Waals surface area contributed by atoms with Gasteiger partial charge in [0.05, 0.1) is 6.61 Å². The van der Waals surface area contributed by atoms with Crippen molar-refractivity contribution in [2.75, 3.05) is 13.7 Å². The van der Waals surface area contributed by atoms with Crippen LogP contribution >= 0.6 is 0 Å². The fourth-order valence-electron chi connectivity index (χ4n) is 2.17. The number of Topliss-reactive ketones (excluding diaryl/α,β-unsaturated/α-hetero) is 1. The third kappa shape index (κ3) is 3.12. The molecule has 0 saturated heterocycles. The number of ether oxygens (including phenoxy) is 2. The Bertz CT molecular complexity index is 495. The first-order valence-corrected chi connectivity index (χ1v) is 6.16. The van der Waals surface area contributed by atoms with E-state index < -0.39 is 12.1 Å². The van der Waals surface area contributed by atoms with E-state index in [1.807, 2.05) is 0 Å². The number of benzene rings is 1. The lowest BCUT2D eigenvalue weighted by Gasteiger charge is -2.18. The predicted octanol–water partition coefficient (Wildman–Crippen LogP) is 1.68. The fourth-order valence-corrected chi connectivity index (χ4v) is 2.17. The van der Waals surface area contributed by atoms with Crippen molar-refractivity contribution in [1.29, 1.82) is 0 Å². The quantitative estimate of drug-likeness (QED) is 0.876. The van der Waals surface area contributed by atoms with Crippen molar-refractivity contribution < 1.29 is 24.2 Å². The van der Waals surface area contributed by atoms with Crippen molar-refractivity contribution in [3.63, 3.8) is 0 Å². The molecular formula is C14H16O5. The van der Waals surface area contributed by atoms with Gasteiger partial charge in [0.1, 0.15) is 5.75 Å². The minimum Gasteiger partial charge on any atom is -0.478 e. The van der Waals surface area contributed by atoms with E-state index in [0.717, 1.165) is 24.0 Å². The molecule has 1 aromatic carbocycles. The van der Waals surface area contributed by atoms with E-state index in [-0.39, 0.29) is 12.4 Å². The smallest absolute Gasteiger partial charge is 0.347 e. The summed E-state index contributed by atoms with van der Waals surface area (Å²) >= 11 is 0. The maximum atomic E-state index is 11.7. The monoisotopic (exact) mass is 264 g/mol. The minimum absolute atomic E-state index is 0.0225. The molecule has 0 saturated carbocycles. The van der Waals surface area contributed by atoms with Gasteiger partial charge in [0.15, 0.2) is 5.78 Å². The predicted molar refractivity (Wildman–Crippen MR) is 67.6 cm³/mol. The van der Waals surface area contributed by atoms with Crippen LogP contribution in [0.3, 0.4) is 0 Å². The number of carboxylic acid groups (broad SMARTS) is 1. The van der Waals surface area contributed by atoms with Crippen molar-refractivity contribution >= 4 is 11.8 Å². The standard InChI is InChI=1S/C14H16O5/c1-18-8-13(14(16)17)19-10-5-6-11-9(7-10)3-2-4-12(11)15/h5-7,13H,2-4,8H2,1H3,(H,16,17).